The molecular weight excluding hydrogens is 152 g/mol. The van der Waals surface area contributed by atoms with Crippen LogP contribution in [-0.4, -0.2) is 13.1 Å². The van der Waals surface area contributed by atoms with Crippen molar-refractivity contribution in [1.29, 1.82) is 0 Å². The number of ether oxygens (including phenoxy) is 1. The van der Waals surface area contributed by atoms with Crippen LogP contribution >= 0.6 is 0 Å². The topological polar surface area (TPSA) is 26.3 Å². The van der Waals surface area contributed by atoms with Crippen molar-refractivity contribution in [1.82, 2.24) is 0 Å². The molecule has 0 aromatic heterocycles. The van der Waals surface area contributed by atoms with Crippen LogP contribution in [0, 0.1) is 17.8 Å². The molecule has 0 rings (SSSR count). The van der Waals surface area contributed by atoms with Gasteiger partial charge in [-0.05, 0) is 24.2 Å². The summed E-state index contributed by atoms with van der Waals surface area (Å²) in [6.07, 6.45) is 0.970. The Bertz CT molecular complexity index is 121. The van der Waals surface area contributed by atoms with Crippen LogP contribution in [0.25, 0.3) is 0 Å². The first kappa shape index (κ1) is 11.5. The Morgan fingerprint density at radius 3 is 2.25 bits per heavy atom. The van der Waals surface area contributed by atoms with Crippen LogP contribution in [0.3, 0.4) is 0 Å². The molecule has 0 aromatic carbocycles. The van der Waals surface area contributed by atoms with Crippen LogP contribution < -0.4 is 0 Å². The van der Waals surface area contributed by atoms with Gasteiger partial charge in [0, 0.05) is 0 Å². The van der Waals surface area contributed by atoms with Gasteiger partial charge < -0.3 is 4.74 Å². The van der Waals surface area contributed by atoms with Crippen molar-refractivity contribution >= 4 is 6.47 Å². The predicted octanol–water partition coefficient (Wildman–Crippen LogP) is 2.48. The van der Waals surface area contributed by atoms with Crippen molar-refractivity contribution in [2.75, 3.05) is 6.61 Å². The summed E-state index contributed by atoms with van der Waals surface area (Å²) in [6, 6.07) is 0. The molecule has 0 N–H and O–H groups in total. The molecule has 0 aromatic rings. The van der Waals surface area contributed by atoms with Gasteiger partial charge >= 0.3 is 0 Å². The van der Waals surface area contributed by atoms with E-state index in [9.17, 15) is 4.79 Å². The van der Waals surface area contributed by atoms with E-state index in [0.717, 1.165) is 6.42 Å². The second-order valence-electron chi connectivity index (χ2n) is 3.84. The number of carbonyl (C=O) groups excluding carboxylic acids is 1. The second-order valence-corrected chi connectivity index (χ2v) is 3.84. The van der Waals surface area contributed by atoms with Crippen molar-refractivity contribution in [2.45, 2.75) is 34.1 Å². The van der Waals surface area contributed by atoms with E-state index < -0.39 is 0 Å². The first-order valence-corrected chi connectivity index (χ1v) is 4.64. The second kappa shape index (κ2) is 6.04. The monoisotopic (exact) mass is 172 g/mol. The van der Waals surface area contributed by atoms with E-state index in [1.165, 1.54) is 0 Å². The van der Waals surface area contributed by atoms with E-state index in [1.807, 2.05) is 0 Å². The summed E-state index contributed by atoms with van der Waals surface area (Å²) in [5.41, 5.74) is 0. The zero-order chi connectivity index (χ0) is 9.56. The van der Waals surface area contributed by atoms with Crippen molar-refractivity contribution in [2.24, 2.45) is 17.8 Å². The lowest BCUT2D eigenvalue weighted by molar-refractivity contribution is -0.129. The van der Waals surface area contributed by atoms with E-state index in [1.54, 1.807) is 0 Å². The molecule has 2 unspecified atom stereocenters. The Morgan fingerprint density at radius 1 is 1.25 bits per heavy atom. The normalized spacial score (nSPS) is 15.8. The lowest BCUT2D eigenvalue weighted by Gasteiger charge is -2.22. The van der Waals surface area contributed by atoms with Crippen molar-refractivity contribution in [3.63, 3.8) is 0 Å². The molecule has 0 aliphatic rings. The molecular formula is C10H20O2. The highest BCUT2D eigenvalue weighted by Crippen LogP contribution is 2.22. The summed E-state index contributed by atoms with van der Waals surface area (Å²) in [4.78, 5) is 9.87. The van der Waals surface area contributed by atoms with Gasteiger partial charge in [-0.2, -0.15) is 0 Å². The maximum absolute atomic E-state index is 9.87. The highest BCUT2D eigenvalue weighted by Gasteiger charge is 2.15. The molecule has 0 bridgehead atoms. The van der Waals surface area contributed by atoms with E-state index in [-0.39, 0.29) is 0 Å². The molecule has 72 valence electrons. The average molecular weight is 172 g/mol. The molecule has 0 amide bonds. The van der Waals surface area contributed by atoms with Gasteiger partial charge in [-0.3, -0.25) is 4.79 Å². The van der Waals surface area contributed by atoms with Gasteiger partial charge in [-0.25, -0.2) is 0 Å². The Morgan fingerprint density at radius 2 is 1.83 bits per heavy atom. The molecule has 0 spiro atoms. The van der Waals surface area contributed by atoms with Gasteiger partial charge in [0.25, 0.3) is 6.47 Å². The summed E-state index contributed by atoms with van der Waals surface area (Å²) in [5.74, 6) is 2.03. The van der Waals surface area contributed by atoms with Crippen LogP contribution in [0.5, 0.6) is 0 Å². The van der Waals surface area contributed by atoms with Gasteiger partial charge in [0.15, 0.2) is 0 Å². The van der Waals surface area contributed by atoms with Crippen LogP contribution in [0.15, 0.2) is 0 Å². The third kappa shape index (κ3) is 4.37. The molecule has 2 heteroatoms. The third-order valence-electron chi connectivity index (χ3n) is 2.71. The first-order valence-electron chi connectivity index (χ1n) is 4.64. The van der Waals surface area contributed by atoms with Crippen LogP contribution in [0.2, 0.25) is 0 Å². The number of hydrogen-bond donors (Lipinski definition) is 0. The van der Waals surface area contributed by atoms with Gasteiger partial charge in [-0.1, -0.05) is 27.7 Å². The Hall–Kier alpha value is -0.530. The fourth-order valence-corrected chi connectivity index (χ4v) is 1.22. The van der Waals surface area contributed by atoms with Crippen molar-refractivity contribution in [3.05, 3.63) is 0 Å². The van der Waals surface area contributed by atoms with Gasteiger partial charge in [-0.15, -0.1) is 0 Å². The van der Waals surface area contributed by atoms with Crippen LogP contribution in [0.1, 0.15) is 34.1 Å². The molecule has 0 aliphatic heterocycles. The predicted molar refractivity (Wildman–Crippen MR) is 49.8 cm³/mol. The zero-order valence-corrected chi connectivity index (χ0v) is 8.54. The maximum atomic E-state index is 9.87. The fraction of sp³-hybridized carbons (Fsp3) is 0.900. The SMILES string of the molecule is CC(C)C(C)C(C)CCOC=O. The quantitative estimate of drug-likeness (QED) is 0.454. The molecule has 2 nitrogen and oxygen atoms in total. The highest BCUT2D eigenvalue weighted by molar-refractivity contribution is 5.36. The molecule has 0 radical (unpaired) electrons. The van der Waals surface area contributed by atoms with E-state index in [0.29, 0.717) is 30.8 Å². The lowest BCUT2D eigenvalue weighted by Crippen LogP contribution is -2.15. The first-order chi connectivity index (χ1) is 5.59. The van der Waals surface area contributed by atoms with Gasteiger partial charge in [0.1, 0.15) is 0 Å². The molecule has 0 saturated carbocycles. The molecule has 0 saturated heterocycles. The Labute approximate surface area is 75.3 Å². The van der Waals surface area contributed by atoms with E-state index in [2.05, 4.69) is 32.4 Å². The minimum absolute atomic E-state index is 0.521. The van der Waals surface area contributed by atoms with Gasteiger partial charge in [0.05, 0.1) is 6.61 Å². The number of rotatable bonds is 6. The molecule has 0 aliphatic carbocycles. The zero-order valence-electron chi connectivity index (χ0n) is 8.54. The fourth-order valence-electron chi connectivity index (χ4n) is 1.22. The molecule has 12 heavy (non-hydrogen) atoms. The Balaban J connectivity index is 3.56. The maximum Gasteiger partial charge on any atom is 0.293 e. The highest BCUT2D eigenvalue weighted by atomic mass is 16.5. The summed E-state index contributed by atoms with van der Waals surface area (Å²) < 4.78 is 4.65. The summed E-state index contributed by atoms with van der Waals surface area (Å²) >= 11 is 0. The van der Waals surface area contributed by atoms with E-state index >= 15 is 0 Å². The number of hydrogen-bond acceptors (Lipinski definition) is 2. The Kier molecular flexibility index (Phi) is 5.77. The van der Waals surface area contributed by atoms with E-state index in [4.69, 9.17) is 0 Å². The third-order valence-corrected chi connectivity index (χ3v) is 2.71. The molecule has 0 heterocycles. The number of carbonyl (C=O) groups is 1. The summed E-state index contributed by atoms with van der Waals surface area (Å²) in [7, 11) is 0. The molecule has 2 atom stereocenters. The standard InChI is InChI=1S/C10H20O2/c1-8(2)10(4)9(3)5-6-12-7-11/h7-10H,5-6H2,1-4H3. The van der Waals surface area contributed by atoms with Crippen LogP contribution in [0.4, 0.5) is 0 Å². The lowest BCUT2D eigenvalue weighted by atomic mass is 9.84. The van der Waals surface area contributed by atoms with Crippen LogP contribution in [-0.2, 0) is 9.53 Å². The smallest absolute Gasteiger partial charge is 0.293 e. The molecule has 0 fully saturated rings. The van der Waals surface area contributed by atoms with Crippen molar-refractivity contribution in [3.8, 4) is 0 Å². The largest absolute Gasteiger partial charge is 0.468 e. The average Bonchev–Trinajstić information content (AvgIpc) is 2.03. The summed E-state index contributed by atoms with van der Waals surface area (Å²) in [6.45, 7) is 9.98. The summed E-state index contributed by atoms with van der Waals surface area (Å²) in [5, 5.41) is 0. The minimum atomic E-state index is 0.521. The van der Waals surface area contributed by atoms with Crippen molar-refractivity contribution < 1.29 is 9.53 Å². The minimum Gasteiger partial charge on any atom is -0.468 e. The van der Waals surface area contributed by atoms with Gasteiger partial charge in [0.2, 0.25) is 0 Å².